The molecule has 2 rings (SSSR count). The average molecular weight is 461 g/mol. The number of nitrogens with zero attached hydrogens (tertiary/aromatic N) is 3. The number of rotatable bonds is 10. The minimum atomic E-state index is -1.04. The van der Waals surface area contributed by atoms with Gasteiger partial charge in [-0.15, -0.1) is 0 Å². The van der Waals surface area contributed by atoms with Gasteiger partial charge in [-0.2, -0.15) is 5.26 Å². The molecule has 1 amide bonds. The molecule has 10 heteroatoms. The molecule has 2 aromatic rings. The van der Waals surface area contributed by atoms with Crippen molar-refractivity contribution in [2.24, 2.45) is 0 Å². The monoisotopic (exact) mass is 460 g/mol. The topological polar surface area (TPSA) is 115 Å². The molecule has 1 heterocycles. The van der Waals surface area contributed by atoms with Crippen LogP contribution in [0.15, 0.2) is 34.0 Å². The molecule has 9 nitrogen and oxygen atoms in total. The van der Waals surface area contributed by atoms with Crippen LogP contribution in [0.1, 0.15) is 50.5 Å². The number of hydrogen-bond donors (Lipinski definition) is 1. The number of carbonyl (C=O) groups is 1. The quantitative estimate of drug-likeness (QED) is 0.544. The molecule has 178 valence electrons. The molecule has 1 N–H and O–H groups in total. The van der Waals surface area contributed by atoms with E-state index in [0.29, 0.717) is 11.3 Å². The van der Waals surface area contributed by atoms with Gasteiger partial charge >= 0.3 is 5.69 Å². The minimum Gasteiger partial charge on any atom is -0.496 e. The Balaban J connectivity index is 2.55. The molecule has 1 aromatic carbocycles. The molecular weight excluding hydrogens is 431 g/mol. The van der Waals surface area contributed by atoms with Gasteiger partial charge in [0.15, 0.2) is 0 Å². The molecule has 0 radical (unpaired) electrons. The standard InChI is InChI=1S/C23H29FN4O5/c1-14(2)26-21(29)16(4)28-22(30)15(3)12-27(23(28)31)13-20(33-10-6-9-25)18-11-17(24)7-8-19(18)32-5/h7-8,11-12,14,16,20H,6,10,13H2,1-5H3,(H,26,29). The van der Waals surface area contributed by atoms with Gasteiger partial charge in [-0.05, 0) is 45.9 Å². The van der Waals surface area contributed by atoms with E-state index in [1.165, 1.54) is 49.9 Å². The Bertz CT molecular complexity index is 1150. The normalized spacial score (nSPS) is 12.8. The zero-order chi connectivity index (χ0) is 24.7. The van der Waals surface area contributed by atoms with Crippen LogP contribution in [-0.4, -0.2) is 34.8 Å². The molecule has 1 aromatic heterocycles. The summed E-state index contributed by atoms with van der Waals surface area (Å²) in [5, 5.41) is 11.6. The van der Waals surface area contributed by atoms with E-state index in [4.69, 9.17) is 14.7 Å². The first kappa shape index (κ1) is 25.8. The van der Waals surface area contributed by atoms with Gasteiger partial charge in [0.1, 0.15) is 23.7 Å². The van der Waals surface area contributed by atoms with Crippen molar-refractivity contribution in [3.8, 4) is 11.8 Å². The summed E-state index contributed by atoms with van der Waals surface area (Å²) >= 11 is 0. The van der Waals surface area contributed by atoms with Crippen LogP contribution in [0.25, 0.3) is 0 Å². The molecule has 2 unspecified atom stereocenters. The van der Waals surface area contributed by atoms with Crippen molar-refractivity contribution in [2.75, 3.05) is 13.7 Å². The van der Waals surface area contributed by atoms with Crippen molar-refractivity contribution in [1.29, 1.82) is 5.26 Å². The van der Waals surface area contributed by atoms with Crippen LogP contribution in [0.2, 0.25) is 0 Å². The van der Waals surface area contributed by atoms with Crippen LogP contribution in [-0.2, 0) is 16.1 Å². The van der Waals surface area contributed by atoms with E-state index in [1.807, 2.05) is 6.07 Å². The summed E-state index contributed by atoms with van der Waals surface area (Å²) in [4.78, 5) is 38.4. The highest BCUT2D eigenvalue weighted by atomic mass is 19.1. The lowest BCUT2D eigenvalue weighted by Crippen LogP contribution is -2.48. The third-order valence-corrected chi connectivity index (χ3v) is 4.99. The van der Waals surface area contributed by atoms with Crippen LogP contribution in [0.3, 0.4) is 0 Å². The molecule has 0 spiro atoms. The van der Waals surface area contributed by atoms with E-state index < -0.39 is 35.1 Å². The Morgan fingerprint density at radius 1 is 1.27 bits per heavy atom. The summed E-state index contributed by atoms with van der Waals surface area (Å²) in [6, 6.07) is 4.68. The summed E-state index contributed by atoms with van der Waals surface area (Å²) in [6.45, 7) is 6.51. The van der Waals surface area contributed by atoms with Crippen molar-refractivity contribution >= 4 is 5.91 Å². The molecular formula is C23H29FN4O5. The molecule has 0 fully saturated rings. The molecule has 0 saturated heterocycles. The number of carbonyl (C=O) groups excluding carboxylic acids is 1. The smallest absolute Gasteiger partial charge is 0.331 e. The number of hydrogen-bond acceptors (Lipinski definition) is 6. The van der Waals surface area contributed by atoms with Gasteiger partial charge in [-0.25, -0.2) is 13.8 Å². The second-order valence-corrected chi connectivity index (χ2v) is 7.92. The third kappa shape index (κ3) is 6.29. The number of benzene rings is 1. The van der Waals surface area contributed by atoms with Crippen molar-refractivity contribution in [2.45, 2.75) is 58.8 Å². The van der Waals surface area contributed by atoms with Crippen molar-refractivity contribution in [3.63, 3.8) is 0 Å². The summed E-state index contributed by atoms with van der Waals surface area (Å²) in [5.41, 5.74) is -0.682. The average Bonchev–Trinajstić information content (AvgIpc) is 2.76. The highest BCUT2D eigenvalue weighted by Crippen LogP contribution is 2.29. The molecule has 0 bridgehead atoms. The summed E-state index contributed by atoms with van der Waals surface area (Å²) in [6.07, 6.45) is 0.612. The lowest BCUT2D eigenvalue weighted by molar-refractivity contribution is -0.124. The largest absolute Gasteiger partial charge is 0.496 e. The maximum Gasteiger partial charge on any atom is 0.331 e. The van der Waals surface area contributed by atoms with Gasteiger partial charge in [0.05, 0.1) is 32.8 Å². The van der Waals surface area contributed by atoms with E-state index >= 15 is 0 Å². The number of aromatic nitrogens is 2. The van der Waals surface area contributed by atoms with Crippen LogP contribution < -0.4 is 21.3 Å². The highest BCUT2D eigenvalue weighted by Gasteiger charge is 2.24. The first-order valence-electron chi connectivity index (χ1n) is 10.6. The SMILES string of the molecule is COc1ccc(F)cc1C(Cn1cc(C)c(=O)n(C(C)C(=O)NC(C)C)c1=O)OCCC#N. The third-order valence-electron chi connectivity index (χ3n) is 4.99. The highest BCUT2D eigenvalue weighted by molar-refractivity contribution is 5.80. The van der Waals surface area contributed by atoms with Gasteiger partial charge in [0, 0.05) is 23.4 Å². The van der Waals surface area contributed by atoms with E-state index in [9.17, 15) is 18.8 Å². The number of aryl methyl sites for hydroxylation is 1. The molecule has 0 aliphatic rings. The van der Waals surface area contributed by atoms with Crippen LogP contribution >= 0.6 is 0 Å². The van der Waals surface area contributed by atoms with Gasteiger partial charge < -0.3 is 14.8 Å². The second kappa shape index (κ2) is 11.4. The van der Waals surface area contributed by atoms with Crippen molar-refractivity contribution in [3.05, 3.63) is 62.2 Å². The lowest BCUT2D eigenvalue weighted by atomic mass is 10.1. The number of halogens is 1. The van der Waals surface area contributed by atoms with Gasteiger partial charge in [0.2, 0.25) is 5.91 Å². The Morgan fingerprint density at radius 2 is 1.97 bits per heavy atom. The number of nitriles is 1. The van der Waals surface area contributed by atoms with E-state index in [-0.39, 0.29) is 31.2 Å². The van der Waals surface area contributed by atoms with E-state index in [0.717, 1.165) is 4.57 Å². The molecule has 33 heavy (non-hydrogen) atoms. The fourth-order valence-electron chi connectivity index (χ4n) is 3.38. The van der Waals surface area contributed by atoms with Crippen LogP contribution in [0.5, 0.6) is 5.75 Å². The summed E-state index contributed by atoms with van der Waals surface area (Å²) < 4.78 is 27.3. The Labute approximate surface area is 191 Å². The summed E-state index contributed by atoms with van der Waals surface area (Å²) in [5.74, 6) is -0.636. The zero-order valence-corrected chi connectivity index (χ0v) is 19.4. The van der Waals surface area contributed by atoms with Gasteiger partial charge in [0.25, 0.3) is 5.56 Å². The molecule has 2 atom stereocenters. The number of ether oxygens (including phenoxy) is 2. The predicted octanol–water partition coefficient (Wildman–Crippen LogP) is 2.22. The fraction of sp³-hybridized carbons (Fsp3) is 0.478. The van der Waals surface area contributed by atoms with E-state index in [2.05, 4.69) is 5.32 Å². The molecule has 0 aliphatic heterocycles. The maximum atomic E-state index is 14.0. The number of methoxy groups -OCH3 is 1. The first-order valence-corrected chi connectivity index (χ1v) is 10.6. The Kier molecular flexibility index (Phi) is 8.94. The van der Waals surface area contributed by atoms with Crippen LogP contribution in [0.4, 0.5) is 4.39 Å². The fourth-order valence-corrected chi connectivity index (χ4v) is 3.38. The van der Waals surface area contributed by atoms with Gasteiger partial charge in [-0.1, -0.05) is 0 Å². The van der Waals surface area contributed by atoms with Crippen molar-refractivity contribution in [1.82, 2.24) is 14.5 Å². The Hall–Kier alpha value is -3.45. The first-order chi connectivity index (χ1) is 15.6. The lowest BCUT2D eigenvalue weighted by Gasteiger charge is -2.23. The molecule has 0 saturated carbocycles. The van der Waals surface area contributed by atoms with E-state index in [1.54, 1.807) is 13.8 Å². The number of amides is 1. The Morgan fingerprint density at radius 3 is 2.58 bits per heavy atom. The molecule has 0 aliphatic carbocycles. The van der Waals surface area contributed by atoms with Gasteiger partial charge in [-0.3, -0.25) is 14.2 Å². The zero-order valence-electron chi connectivity index (χ0n) is 19.4. The predicted molar refractivity (Wildman–Crippen MR) is 120 cm³/mol. The van der Waals surface area contributed by atoms with Crippen LogP contribution in [0, 0.1) is 24.1 Å². The number of nitrogens with one attached hydrogen (secondary N) is 1. The van der Waals surface area contributed by atoms with Crippen molar-refractivity contribution < 1.29 is 18.7 Å². The maximum absolute atomic E-state index is 14.0. The minimum absolute atomic E-state index is 0.0431. The summed E-state index contributed by atoms with van der Waals surface area (Å²) in [7, 11) is 1.43. The second-order valence-electron chi connectivity index (χ2n) is 7.92.